The van der Waals surface area contributed by atoms with Gasteiger partial charge < -0.3 is 15.0 Å². The molecule has 8 nitrogen and oxygen atoms in total. The summed E-state index contributed by atoms with van der Waals surface area (Å²) in [4.78, 5) is 29.2. The van der Waals surface area contributed by atoms with Crippen LogP contribution in [0.25, 0.3) is 0 Å². The van der Waals surface area contributed by atoms with Gasteiger partial charge in [0.2, 0.25) is 11.8 Å². The summed E-state index contributed by atoms with van der Waals surface area (Å²) in [5.41, 5.74) is 0.828. The lowest BCUT2D eigenvalue weighted by molar-refractivity contribution is -0.140. The van der Waals surface area contributed by atoms with E-state index < -0.39 is 28.5 Å². The smallest absolute Gasteiger partial charge is 0.264 e. The van der Waals surface area contributed by atoms with Crippen molar-refractivity contribution in [3.05, 3.63) is 87.4 Å². The number of rotatable bonds is 13. The molecule has 1 atom stereocenters. The Bertz CT molecular complexity index is 1550. The number of benzene rings is 3. The van der Waals surface area contributed by atoms with Crippen LogP contribution in [0, 0.1) is 0 Å². The normalized spacial score (nSPS) is 14.2. The van der Waals surface area contributed by atoms with Crippen molar-refractivity contribution in [2.45, 2.75) is 69.5 Å². The fraction of sp³-hybridized carbons (Fsp3) is 0.375. The summed E-state index contributed by atoms with van der Waals surface area (Å²) in [6.45, 7) is 3.50. The summed E-state index contributed by atoms with van der Waals surface area (Å²) in [5.74, 6) is -0.304. The van der Waals surface area contributed by atoms with E-state index in [4.69, 9.17) is 39.5 Å². The van der Waals surface area contributed by atoms with Gasteiger partial charge in [0.05, 0.1) is 17.2 Å². The highest BCUT2D eigenvalue weighted by molar-refractivity contribution is 7.92. The van der Waals surface area contributed by atoms with Gasteiger partial charge in [0.15, 0.2) is 0 Å². The summed E-state index contributed by atoms with van der Waals surface area (Å²) in [6.07, 6.45) is 4.13. The molecule has 12 heteroatoms. The van der Waals surface area contributed by atoms with Crippen LogP contribution in [-0.2, 0) is 26.2 Å². The lowest BCUT2D eigenvalue weighted by Gasteiger charge is -2.34. The number of nitrogens with zero attached hydrogens (tertiary/aromatic N) is 2. The molecule has 44 heavy (non-hydrogen) atoms. The highest BCUT2D eigenvalue weighted by Crippen LogP contribution is 2.29. The minimum Gasteiger partial charge on any atom is -0.494 e. The Hall–Kier alpha value is -2.98. The molecule has 0 heterocycles. The van der Waals surface area contributed by atoms with Crippen molar-refractivity contribution in [1.29, 1.82) is 0 Å². The molecule has 0 spiro atoms. The summed E-state index contributed by atoms with van der Waals surface area (Å²) < 4.78 is 34.6. The number of amides is 2. The van der Waals surface area contributed by atoms with Crippen molar-refractivity contribution < 1.29 is 22.7 Å². The third-order valence-electron chi connectivity index (χ3n) is 7.56. The molecule has 1 N–H and O–H groups in total. The van der Waals surface area contributed by atoms with E-state index in [0.717, 1.165) is 30.0 Å². The lowest BCUT2D eigenvalue weighted by Crippen LogP contribution is -2.53. The molecular weight excluding hydrogens is 645 g/mol. The molecular formula is C32H36Cl3N3O5S. The quantitative estimate of drug-likeness (QED) is 0.208. The summed E-state index contributed by atoms with van der Waals surface area (Å²) in [6, 6.07) is 16.3. The number of sulfonamides is 1. The van der Waals surface area contributed by atoms with Crippen molar-refractivity contribution in [2.24, 2.45) is 0 Å². The molecule has 2 amide bonds. The fourth-order valence-electron chi connectivity index (χ4n) is 5.26. The Balaban J connectivity index is 1.73. The fourth-order valence-corrected chi connectivity index (χ4v) is 7.27. The Morgan fingerprint density at radius 2 is 1.57 bits per heavy atom. The molecule has 3 aromatic rings. The molecule has 1 unspecified atom stereocenters. The lowest BCUT2D eigenvalue weighted by atomic mass is 10.1. The van der Waals surface area contributed by atoms with E-state index in [9.17, 15) is 18.0 Å². The number of nitrogens with one attached hydrogen (secondary N) is 1. The van der Waals surface area contributed by atoms with E-state index in [2.05, 4.69) is 5.32 Å². The zero-order valence-electron chi connectivity index (χ0n) is 24.6. The molecule has 236 valence electrons. The highest BCUT2D eigenvalue weighted by atomic mass is 35.5. The molecule has 1 aliphatic rings. The Morgan fingerprint density at radius 1 is 0.932 bits per heavy atom. The molecule has 1 fully saturated rings. The predicted molar refractivity (Wildman–Crippen MR) is 175 cm³/mol. The van der Waals surface area contributed by atoms with Gasteiger partial charge in [-0.2, -0.15) is 0 Å². The summed E-state index contributed by atoms with van der Waals surface area (Å²) in [7, 11) is -4.24. The van der Waals surface area contributed by atoms with Gasteiger partial charge in [-0.15, -0.1) is 0 Å². The number of ether oxygens (including phenoxy) is 1. The van der Waals surface area contributed by atoms with Crippen LogP contribution in [0.3, 0.4) is 0 Å². The topological polar surface area (TPSA) is 96.0 Å². The predicted octanol–water partition coefficient (Wildman–Crippen LogP) is 7.11. The van der Waals surface area contributed by atoms with E-state index in [0.29, 0.717) is 39.4 Å². The van der Waals surface area contributed by atoms with Crippen LogP contribution in [0.2, 0.25) is 15.1 Å². The summed E-state index contributed by atoms with van der Waals surface area (Å²) >= 11 is 18.6. The van der Waals surface area contributed by atoms with Crippen LogP contribution >= 0.6 is 34.8 Å². The van der Waals surface area contributed by atoms with Crippen LogP contribution in [0.1, 0.15) is 51.5 Å². The molecule has 3 aromatic carbocycles. The van der Waals surface area contributed by atoms with Crippen LogP contribution in [0.4, 0.5) is 5.69 Å². The molecule has 0 aliphatic heterocycles. The monoisotopic (exact) mass is 679 g/mol. The maximum atomic E-state index is 14.3. The number of hydrogen-bond donors (Lipinski definition) is 1. The molecule has 0 saturated heterocycles. The van der Waals surface area contributed by atoms with Crippen molar-refractivity contribution in [1.82, 2.24) is 10.2 Å². The van der Waals surface area contributed by atoms with Crippen LogP contribution in [-0.4, -0.2) is 50.4 Å². The van der Waals surface area contributed by atoms with Gasteiger partial charge in [-0.05, 0) is 92.4 Å². The molecule has 1 aliphatic carbocycles. The second kappa shape index (κ2) is 15.3. The number of hydrogen-bond acceptors (Lipinski definition) is 5. The average molecular weight is 681 g/mol. The first-order chi connectivity index (χ1) is 21.0. The molecule has 0 bridgehead atoms. The van der Waals surface area contributed by atoms with Gasteiger partial charge in [0.25, 0.3) is 10.0 Å². The van der Waals surface area contributed by atoms with Gasteiger partial charge in [0.1, 0.15) is 18.3 Å². The zero-order valence-corrected chi connectivity index (χ0v) is 27.7. The maximum absolute atomic E-state index is 14.3. The van der Waals surface area contributed by atoms with Crippen LogP contribution < -0.4 is 14.4 Å². The summed E-state index contributed by atoms with van der Waals surface area (Å²) in [5, 5.41) is 4.23. The molecule has 4 rings (SSSR count). The van der Waals surface area contributed by atoms with Crippen LogP contribution in [0.5, 0.6) is 5.75 Å². The second-order valence-corrected chi connectivity index (χ2v) is 13.7. The number of carbonyl (C=O) groups is 2. The van der Waals surface area contributed by atoms with Gasteiger partial charge in [-0.1, -0.05) is 60.6 Å². The van der Waals surface area contributed by atoms with Crippen molar-refractivity contribution >= 4 is 62.3 Å². The SMILES string of the molecule is CCOc1ccc(N(CC(=O)N(Cc2ccc(Cl)cc2Cl)C(CC)C(=O)NC2CCCC2)S(=O)(=O)c2ccc(Cl)cc2)cc1. The molecule has 0 aromatic heterocycles. The Labute approximate surface area is 274 Å². The van der Waals surface area contributed by atoms with E-state index in [1.807, 2.05) is 13.8 Å². The minimum absolute atomic E-state index is 0.0243. The molecule has 1 saturated carbocycles. The van der Waals surface area contributed by atoms with Crippen molar-refractivity contribution in [2.75, 3.05) is 17.5 Å². The Morgan fingerprint density at radius 3 is 2.16 bits per heavy atom. The third kappa shape index (κ3) is 8.38. The number of carbonyl (C=O) groups excluding carboxylic acids is 2. The molecule has 0 radical (unpaired) electrons. The average Bonchev–Trinajstić information content (AvgIpc) is 3.50. The zero-order chi connectivity index (χ0) is 31.9. The maximum Gasteiger partial charge on any atom is 0.264 e. The Kier molecular flexibility index (Phi) is 11.8. The first-order valence-electron chi connectivity index (χ1n) is 14.6. The van der Waals surface area contributed by atoms with Gasteiger partial charge >= 0.3 is 0 Å². The van der Waals surface area contributed by atoms with E-state index in [1.165, 1.54) is 29.2 Å². The largest absolute Gasteiger partial charge is 0.494 e. The third-order valence-corrected chi connectivity index (χ3v) is 10.2. The van der Waals surface area contributed by atoms with Gasteiger partial charge in [0, 0.05) is 27.7 Å². The second-order valence-electron chi connectivity index (χ2n) is 10.6. The van der Waals surface area contributed by atoms with Crippen LogP contribution in [0.15, 0.2) is 71.6 Å². The minimum atomic E-state index is -4.24. The number of halogens is 3. The van der Waals surface area contributed by atoms with E-state index in [1.54, 1.807) is 42.5 Å². The number of anilines is 1. The standard InChI is InChI=1S/C32H36Cl3N3O5S/c1-3-30(32(40)36-25-7-5-6-8-25)37(20-22-9-10-24(34)19-29(22)35)31(39)21-38(26-13-15-27(16-14-26)43-4-2)44(41,42)28-17-11-23(33)12-18-28/h9-19,25,30H,3-8,20-21H2,1-2H3,(H,36,40). The van der Waals surface area contributed by atoms with Crippen molar-refractivity contribution in [3.8, 4) is 5.75 Å². The van der Waals surface area contributed by atoms with Gasteiger partial charge in [-0.25, -0.2) is 8.42 Å². The van der Waals surface area contributed by atoms with Crippen molar-refractivity contribution in [3.63, 3.8) is 0 Å². The highest BCUT2D eigenvalue weighted by Gasteiger charge is 2.35. The first kappa shape index (κ1) is 33.9. The first-order valence-corrected chi connectivity index (χ1v) is 17.2. The van der Waals surface area contributed by atoms with E-state index in [-0.39, 0.29) is 29.1 Å². The van der Waals surface area contributed by atoms with Gasteiger partial charge in [-0.3, -0.25) is 13.9 Å². The van der Waals surface area contributed by atoms with E-state index >= 15 is 0 Å².